The number of carbonyl (C=O) groups excluding carboxylic acids is 2. The fourth-order valence-corrected chi connectivity index (χ4v) is 2.64. The Bertz CT molecular complexity index is 756. The van der Waals surface area contributed by atoms with Crippen molar-refractivity contribution in [3.05, 3.63) is 62.0 Å². The summed E-state index contributed by atoms with van der Waals surface area (Å²) in [6.07, 6.45) is 0. The van der Waals surface area contributed by atoms with E-state index in [9.17, 15) is 9.59 Å². The number of esters is 2. The van der Waals surface area contributed by atoms with Crippen molar-refractivity contribution in [3.8, 4) is 5.75 Å². The largest absolute Gasteiger partial charge is 0.462 e. The SMILES string of the molecule is CCOC(=O)c1ccc(OC(=O)c2ccc(C)c(Br)c2)c(Br)c1. The Morgan fingerprint density at radius 2 is 1.57 bits per heavy atom. The van der Waals surface area contributed by atoms with Crippen molar-refractivity contribution in [2.24, 2.45) is 0 Å². The van der Waals surface area contributed by atoms with Crippen LogP contribution in [0.25, 0.3) is 0 Å². The van der Waals surface area contributed by atoms with Gasteiger partial charge >= 0.3 is 11.9 Å². The number of carbonyl (C=O) groups is 2. The highest BCUT2D eigenvalue weighted by molar-refractivity contribution is 9.10. The van der Waals surface area contributed by atoms with Gasteiger partial charge in [0.25, 0.3) is 0 Å². The number of hydrogen-bond donors (Lipinski definition) is 0. The molecule has 4 nitrogen and oxygen atoms in total. The average Bonchev–Trinajstić information content (AvgIpc) is 2.52. The summed E-state index contributed by atoms with van der Waals surface area (Å²) in [5.74, 6) is -0.566. The fraction of sp³-hybridized carbons (Fsp3) is 0.176. The van der Waals surface area contributed by atoms with E-state index in [1.54, 1.807) is 37.3 Å². The molecular formula is C17H14Br2O4. The van der Waals surface area contributed by atoms with Gasteiger partial charge < -0.3 is 9.47 Å². The van der Waals surface area contributed by atoms with Crippen LogP contribution in [0, 0.1) is 6.92 Å². The van der Waals surface area contributed by atoms with Gasteiger partial charge in [-0.2, -0.15) is 0 Å². The Morgan fingerprint density at radius 1 is 0.957 bits per heavy atom. The lowest BCUT2D eigenvalue weighted by Crippen LogP contribution is -2.10. The van der Waals surface area contributed by atoms with E-state index < -0.39 is 11.9 Å². The van der Waals surface area contributed by atoms with Gasteiger partial charge in [0, 0.05) is 4.47 Å². The van der Waals surface area contributed by atoms with Crippen LogP contribution in [0.1, 0.15) is 33.2 Å². The number of halogens is 2. The summed E-state index contributed by atoms with van der Waals surface area (Å²) in [7, 11) is 0. The Morgan fingerprint density at radius 3 is 2.17 bits per heavy atom. The zero-order valence-corrected chi connectivity index (χ0v) is 15.7. The van der Waals surface area contributed by atoms with Crippen molar-refractivity contribution >= 4 is 43.8 Å². The quantitative estimate of drug-likeness (QED) is 0.499. The minimum Gasteiger partial charge on any atom is -0.462 e. The van der Waals surface area contributed by atoms with Crippen LogP contribution in [-0.2, 0) is 4.74 Å². The lowest BCUT2D eigenvalue weighted by atomic mass is 10.1. The normalized spacial score (nSPS) is 10.3. The first kappa shape index (κ1) is 17.7. The molecule has 0 N–H and O–H groups in total. The molecule has 2 rings (SSSR count). The Balaban J connectivity index is 2.18. The van der Waals surface area contributed by atoms with E-state index in [1.807, 2.05) is 13.0 Å². The highest BCUT2D eigenvalue weighted by atomic mass is 79.9. The molecule has 0 saturated carbocycles. The van der Waals surface area contributed by atoms with E-state index in [0.717, 1.165) is 10.0 Å². The number of aryl methyl sites for hydroxylation is 1. The molecular weight excluding hydrogens is 428 g/mol. The molecule has 0 aliphatic heterocycles. The zero-order chi connectivity index (χ0) is 17.0. The summed E-state index contributed by atoms with van der Waals surface area (Å²) in [6.45, 7) is 3.97. The van der Waals surface area contributed by atoms with Crippen molar-refractivity contribution in [1.29, 1.82) is 0 Å². The van der Waals surface area contributed by atoms with E-state index >= 15 is 0 Å². The molecule has 0 aromatic heterocycles. The number of hydrogen-bond acceptors (Lipinski definition) is 4. The van der Waals surface area contributed by atoms with Crippen LogP contribution in [0.4, 0.5) is 0 Å². The van der Waals surface area contributed by atoms with Gasteiger partial charge in [0.1, 0.15) is 5.75 Å². The first-order valence-electron chi connectivity index (χ1n) is 6.87. The predicted octanol–water partition coefficient (Wildman–Crippen LogP) is 4.92. The predicted molar refractivity (Wildman–Crippen MR) is 93.9 cm³/mol. The molecule has 0 radical (unpaired) electrons. The lowest BCUT2D eigenvalue weighted by molar-refractivity contribution is 0.0526. The third-order valence-corrected chi connectivity index (χ3v) is 4.53. The molecule has 2 aromatic rings. The van der Waals surface area contributed by atoms with E-state index in [-0.39, 0.29) is 0 Å². The van der Waals surface area contributed by atoms with Gasteiger partial charge in [0.15, 0.2) is 0 Å². The fourth-order valence-electron chi connectivity index (χ4n) is 1.80. The number of benzene rings is 2. The lowest BCUT2D eigenvalue weighted by Gasteiger charge is -2.09. The molecule has 23 heavy (non-hydrogen) atoms. The molecule has 0 saturated heterocycles. The standard InChI is InChI=1S/C17H14Br2O4/c1-3-22-16(20)11-6-7-15(14(19)9-11)23-17(21)12-5-4-10(2)13(18)8-12/h4-9H,3H2,1-2H3. The molecule has 0 spiro atoms. The Kier molecular flexibility index (Phi) is 5.96. The van der Waals surface area contributed by atoms with Crippen LogP contribution in [0.15, 0.2) is 45.3 Å². The molecule has 0 atom stereocenters. The van der Waals surface area contributed by atoms with E-state index in [4.69, 9.17) is 9.47 Å². The maximum Gasteiger partial charge on any atom is 0.343 e. The molecule has 0 fully saturated rings. The van der Waals surface area contributed by atoms with Gasteiger partial charge in [-0.25, -0.2) is 9.59 Å². The molecule has 0 unspecified atom stereocenters. The van der Waals surface area contributed by atoms with Gasteiger partial charge in [-0.3, -0.25) is 0 Å². The average molecular weight is 442 g/mol. The van der Waals surface area contributed by atoms with E-state index in [1.165, 1.54) is 0 Å². The summed E-state index contributed by atoms with van der Waals surface area (Å²) in [6, 6.07) is 9.90. The van der Waals surface area contributed by atoms with Gasteiger partial charge in [-0.1, -0.05) is 22.0 Å². The summed E-state index contributed by atoms with van der Waals surface area (Å²) >= 11 is 6.69. The van der Waals surface area contributed by atoms with Crippen LogP contribution in [0.3, 0.4) is 0 Å². The molecule has 2 aromatic carbocycles. The molecule has 0 aliphatic carbocycles. The summed E-state index contributed by atoms with van der Waals surface area (Å²) in [4.78, 5) is 23.9. The highest BCUT2D eigenvalue weighted by Gasteiger charge is 2.14. The molecule has 0 amide bonds. The van der Waals surface area contributed by atoms with Crippen LogP contribution in [-0.4, -0.2) is 18.5 Å². The first-order chi connectivity index (χ1) is 10.9. The number of rotatable bonds is 4. The van der Waals surface area contributed by atoms with Crippen LogP contribution in [0.2, 0.25) is 0 Å². The number of ether oxygens (including phenoxy) is 2. The van der Waals surface area contributed by atoms with Gasteiger partial charge in [0.2, 0.25) is 0 Å². The zero-order valence-electron chi connectivity index (χ0n) is 12.6. The van der Waals surface area contributed by atoms with Crippen LogP contribution >= 0.6 is 31.9 Å². The van der Waals surface area contributed by atoms with Crippen molar-refractivity contribution in [2.45, 2.75) is 13.8 Å². The molecule has 0 heterocycles. The third-order valence-electron chi connectivity index (χ3n) is 3.05. The van der Waals surface area contributed by atoms with Crippen molar-refractivity contribution < 1.29 is 19.1 Å². The second-order valence-corrected chi connectivity index (χ2v) is 6.43. The van der Waals surface area contributed by atoms with Crippen molar-refractivity contribution in [1.82, 2.24) is 0 Å². The molecule has 120 valence electrons. The minimum absolute atomic E-state index is 0.301. The third kappa shape index (κ3) is 4.42. The highest BCUT2D eigenvalue weighted by Crippen LogP contribution is 2.27. The van der Waals surface area contributed by atoms with Crippen LogP contribution in [0.5, 0.6) is 5.75 Å². The minimum atomic E-state index is -0.477. The summed E-state index contributed by atoms with van der Waals surface area (Å²) in [5.41, 5.74) is 1.85. The summed E-state index contributed by atoms with van der Waals surface area (Å²) in [5, 5.41) is 0. The molecule has 6 heteroatoms. The second kappa shape index (κ2) is 7.75. The molecule has 0 aliphatic rings. The molecule has 0 bridgehead atoms. The van der Waals surface area contributed by atoms with Gasteiger partial charge in [-0.15, -0.1) is 0 Å². The van der Waals surface area contributed by atoms with Crippen LogP contribution < -0.4 is 4.74 Å². The maximum absolute atomic E-state index is 12.2. The van der Waals surface area contributed by atoms with E-state index in [0.29, 0.717) is 28.0 Å². The Labute approximate surface area is 151 Å². The summed E-state index contributed by atoms with van der Waals surface area (Å²) < 4.78 is 11.6. The smallest absolute Gasteiger partial charge is 0.343 e. The monoisotopic (exact) mass is 440 g/mol. The second-order valence-electron chi connectivity index (χ2n) is 4.72. The van der Waals surface area contributed by atoms with Gasteiger partial charge in [0.05, 0.1) is 22.2 Å². The Hall–Kier alpha value is -1.66. The van der Waals surface area contributed by atoms with Crippen molar-refractivity contribution in [3.63, 3.8) is 0 Å². The maximum atomic E-state index is 12.2. The van der Waals surface area contributed by atoms with E-state index in [2.05, 4.69) is 31.9 Å². The van der Waals surface area contributed by atoms with Gasteiger partial charge in [-0.05, 0) is 65.7 Å². The first-order valence-corrected chi connectivity index (χ1v) is 8.46. The van der Waals surface area contributed by atoms with Crippen molar-refractivity contribution in [2.75, 3.05) is 6.61 Å². The topological polar surface area (TPSA) is 52.6 Å².